The highest BCUT2D eigenvalue weighted by atomic mass is 19.4. The number of nitrogens with zero attached hydrogens (tertiary/aromatic N) is 3. The molecule has 30 heavy (non-hydrogen) atoms. The Kier molecular flexibility index (Phi) is 5.14. The van der Waals surface area contributed by atoms with Crippen LogP contribution in [0.15, 0.2) is 53.3 Å². The van der Waals surface area contributed by atoms with Gasteiger partial charge in [-0.25, -0.2) is 4.98 Å². The molecule has 4 rings (SSSR count). The Morgan fingerprint density at radius 1 is 1.13 bits per heavy atom. The number of aromatic nitrogens is 2. The standard InChI is InChI=1S/C22H17F3N4O/c23-22(24,25)17-7-5-14(6-8-17)20-27-19-9-10-29(13-18(19)21(30)28-20)12-16-4-2-1-3-15(16)11-26/h1-8H,9-10,12-13H2,(H,27,28,30). The van der Waals surface area contributed by atoms with Crippen molar-refractivity contribution in [3.63, 3.8) is 0 Å². The Balaban J connectivity index is 1.57. The molecule has 2 aromatic carbocycles. The molecule has 1 N–H and O–H groups in total. The van der Waals surface area contributed by atoms with Crippen molar-refractivity contribution in [3.05, 3.63) is 86.8 Å². The second-order valence-corrected chi connectivity index (χ2v) is 7.14. The first-order valence-corrected chi connectivity index (χ1v) is 9.35. The Morgan fingerprint density at radius 3 is 2.57 bits per heavy atom. The van der Waals surface area contributed by atoms with Gasteiger partial charge in [0.15, 0.2) is 0 Å². The van der Waals surface area contributed by atoms with Gasteiger partial charge in [0.2, 0.25) is 0 Å². The number of benzene rings is 2. The number of hydrogen-bond donors (Lipinski definition) is 1. The topological polar surface area (TPSA) is 72.8 Å². The van der Waals surface area contributed by atoms with Gasteiger partial charge >= 0.3 is 6.18 Å². The highest BCUT2D eigenvalue weighted by Gasteiger charge is 2.30. The largest absolute Gasteiger partial charge is 0.416 e. The van der Waals surface area contributed by atoms with E-state index in [2.05, 4.69) is 20.9 Å². The number of rotatable bonds is 3. The molecule has 8 heteroatoms. The Hall–Kier alpha value is -3.44. The number of aromatic amines is 1. The van der Waals surface area contributed by atoms with Crippen molar-refractivity contribution < 1.29 is 13.2 Å². The molecule has 2 heterocycles. The Bertz CT molecular complexity index is 1180. The highest BCUT2D eigenvalue weighted by molar-refractivity contribution is 5.56. The monoisotopic (exact) mass is 410 g/mol. The predicted octanol–water partition coefficient (Wildman–Crippen LogP) is 3.89. The minimum atomic E-state index is -4.41. The van der Waals surface area contributed by atoms with Crippen LogP contribution in [0.3, 0.4) is 0 Å². The molecule has 1 aliphatic rings. The lowest BCUT2D eigenvalue weighted by molar-refractivity contribution is -0.137. The summed E-state index contributed by atoms with van der Waals surface area (Å²) >= 11 is 0. The van der Waals surface area contributed by atoms with Crippen LogP contribution < -0.4 is 5.56 Å². The van der Waals surface area contributed by atoms with Gasteiger partial charge in [0.1, 0.15) is 5.82 Å². The third kappa shape index (κ3) is 3.98. The third-order valence-corrected chi connectivity index (χ3v) is 5.17. The van der Waals surface area contributed by atoms with E-state index >= 15 is 0 Å². The second kappa shape index (κ2) is 7.76. The molecule has 0 radical (unpaired) electrons. The van der Waals surface area contributed by atoms with Crippen molar-refractivity contribution in [1.29, 1.82) is 5.26 Å². The summed E-state index contributed by atoms with van der Waals surface area (Å²) in [5, 5.41) is 9.25. The lowest BCUT2D eigenvalue weighted by atomic mass is 10.0. The van der Waals surface area contributed by atoms with E-state index in [9.17, 15) is 23.2 Å². The normalized spacial score (nSPS) is 14.2. The molecular formula is C22H17F3N4O. The van der Waals surface area contributed by atoms with E-state index < -0.39 is 11.7 Å². The minimum Gasteiger partial charge on any atom is -0.306 e. The number of alkyl halides is 3. The fourth-order valence-corrected chi connectivity index (χ4v) is 3.58. The summed E-state index contributed by atoms with van der Waals surface area (Å²) in [7, 11) is 0. The predicted molar refractivity (Wildman–Crippen MR) is 104 cm³/mol. The second-order valence-electron chi connectivity index (χ2n) is 7.14. The zero-order valence-electron chi connectivity index (χ0n) is 15.8. The molecule has 0 unspecified atom stereocenters. The summed E-state index contributed by atoms with van der Waals surface area (Å²) in [6, 6.07) is 14.1. The van der Waals surface area contributed by atoms with Crippen LogP contribution in [-0.2, 0) is 25.7 Å². The van der Waals surface area contributed by atoms with E-state index in [1.807, 2.05) is 18.2 Å². The summed E-state index contributed by atoms with van der Waals surface area (Å²) < 4.78 is 38.3. The minimum absolute atomic E-state index is 0.260. The number of nitrogens with one attached hydrogen (secondary N) is 1. The van der Waals surface area contributed by atoms with Gasteiger partial charge in [-0.05, 0) is 23.8 Å². The zero-order valence-corrected chi connectivity index (χ0v) is 15.8. The number of hydrogen-bond acceptors (Lipinski definition) is 4. The maximum absolute atomic E-state index is 12.8. The molecular weight excluding hydrogens is 393 g/mol. The van der Waals surface area contributed by atoms with Crippen molar-refractivity contribution in [2.45, 2.75) is 25.7 Å². The number of H-pyrrole nitrogens is 1. The third-order valence-electron chi connectivity index (χ3n) is 5.17. The van der Waals surface area contributed by atoms with Gasteiger partial charge in [-0.2, -0.15) is 18.4 Å². The summed E-state index contributed by atoms with van der Waals surface area (Å²) in [6.45, 7) is 1.60. The van der Waals surface area contributed by atoms with Gasteiger partial charge < -0.3 is 4.98 Å². The van der Waals surface area contributed by atoms with E-state index in [-0.39, 0.29) is 11.4 Å². The molecule has 1 aromatic heterocycles. The fraction of sp³-hybridized carbons (Fsp3) is 0.227. The zero-order chi connectivity index (χ0) is 21.3. The van der Waals surface area contributed by atoms with Gasteiger partial charge in [0.25, 0.3) is 5.56 Å². The molecule has 0 aliphatic carbocycles. The SMILES string of the molecule is N#Cc1ccccc1CN1CCc2nc(-c3ccc(C(F)(F)F)cc3)[nH]c(=O)c2C1. The van der Waals surface area contributed by atoms with E-state index in [0.29, 0.717) is 48.4 Å². The first-order chi connectivity index (χ1) is 14.3. The molecule has 0 saturated heterocycles. The van der Waals surface area contributed by atoms with E-state index in [1.54, 1.807) is 6.07 Å². The van der Waals surface area contributed by atoms with Gasteiger partial charge in [0, 0.05) is 31.6 Å². The van der Waals surface area contributed by atoms with Gasteiger partial charge in [-0.15, -0.1) is 0 Å². The molecule has 1 aliphatic heterocycles. The van der Waals surface area contributed by atoms with Crippen LogP contribution in [0.5, 0.6) is 0 Å². The van der Waals surface area contributed by atoms with Crippen LogP contribution in [0.2, 0.25) is 0 Å². The lowest BCUT2D eigenvalue weighted by Crippen LogP contribution is -2.35. The Labute approximate surface area is 170 Å². The van der Waals surface area contributed by atoms with Crippen LogP contribution in [0.25, 0.3) is 11.4 Å². The van der Waals surface area contributed by atoms with Crippen LogP contribution in [0.1, 0.15) is 27.9 Å². The molecule has 5 nitrogen and oxygen atoms in total. The summed E-state index contributed by atoms with van der Waals surface area (Å²) in [6.07, 6.45) is -3.87. The van der Waals surface area contributed by atoms with Crippen molar-refractivity contribution >= 4 is 0 Å². The Morgan fingerprint density at radius 2 is 1.87 bits per heavy atom. The van der Waals surface area contributed by atoms with Crippen molar-refractivity contribution in [2.75, 3.05) is 6.54 Å². The molecule has 0 atom stereocenters. The van der Waals surface area contributed by atoms with Crippen molar-refractivity contribution in [2.24, 2.45) is 0 Å². The maximum Gasteiger partial charge on any atom is 0.416 e. The lowest BCUT2D eigenvalue weighted by Gasteiger charge is -2.28. The molecule has 0 spiro atoms. The van der Waals surface area contributed by atoms with E-state index in [0.717, 1.165) is 17.7 Å². The van der Waals surface area contributed by atoms with Crippen LogP contribution >= 0.6 is 0 Å². The molecule has 0 bridgehead atoms. The average Bonchev–Trinajstić information content (AvgIpc) is 2.74. The maximum atomic E-state index is 12.8. The van der Waals surface area contributed by atoms with Crippen LogP contribution in [-0.4, -0.2) is 21.4 Å². The number of nitriles is 1. The van der Waals surface area contributed by atoms with Crippen LogP contribution in [0, 0.1) is 11.3 Å². The summed E-state index contributed by atoms with van der Waals surface area (Å²) in [5.41, 5.74) is 2.08. The average molecular weight is 410 g/mol. The highest BCUT2D eigenvalue weighted by Crippen LogP contribution is 2.30. The van der Waals surface area contributed by atoms with E-state index in [4.69, 9.17) is 0 Å². The van der Waals surface area contributed by atoms with Crippen molar-refractivity contribution in [1.82, 2.24) is 14.9 Å². The molecule has 0 saturated carbocycles. The van der Waals surface area contributed by atoms with Crippen molar-refractivity contribution in [3.8, 4) is 17.5 Å². The summed E-state index contributed by atoms with van der Waals surface area (Å²) in [4.78, 5) is 21.9. The van der Waals surface area contributed by atoms with Gasteiger partial charge in [0.05, 0.1) is 28.5 Å². The quantitative estimate of drug-likeness (QED) is 0.711. The summed E-state index contributed by atoms with van der Waals surface area (Å²) in [5.74, 6) is 0.260. The van der Waals surface area contributed by atoms with Crippen LogP contribution in [0.4, 0.5) is 13.2 Å². The molecule has 0 amide bonds. The first kappa shape index (κ1) is 19.9. The molecule has 152 valence electrons. The number of fused-ring (bicyclic) bond motifs is 1. The van der Waals surface area contributed by atoms with Gasteiger partial charge in [-0.1, -0.05) is 30.3 Å². The smallest absolute Gasteiger partial charge is 0.306 e. The molecule has 0 fully saturated rings. The number of halogens is 3. The first-order valence-electron chi connectivity index (χ1n) is 9.35. The van der Waals surface area contributed by atoms with E-state index in [1.165, 1.54) is 12.1 Å². The molecule has 3 aromatic rings. The van der Waals surface area contributed by atoms with Gasteiger partial charge in [-0.3, -0.25) is 9.69 Å². The fourth-order valence-electron chi connectivity index (χ4n) is 3.58.